The van der Waals surface area contributed by atoms with Gasteiger partial charge >= 0.3 is 0 Å². The quantitative estimate of drug-likeness (QED) is 0.626. The fraction of sp³-hybridized carbons (Fsp3) is 0.250. The number of nitrogens with zero attached hydrogens (tertiary/aromatic N) is 1. The minimum absolute atomic E-state index is 0.900. The Morgan fingerprint density at radius 2 is 2.31 bits per heavy atom. The van der Waals surface area contributed by atoms with Crippen LogP contribution in [0.5, 0.6) is 0 Å². The predicted octanol–water partition coefficient (Wildman–Crippen LogP) is 3.31. The molecule has 1 heteroatoms. The number of hydrogen-bond acceptors (Lipinski definition) is 1. The van der Waals surface area contributed by atoms with E-state index in [0.29, 0.717) is 0 Å². The maximum atomic E-state index is 8.57. The Morgan fingerprint density at radius 1 is 1.54 bits per heavy atom. The highest BCUT2D eigenvalue weighted by Crippen LogP contribution is 2.18. The predicted molar refractivity (Wildman–Crippen MR) is 55.1 cm³/mol. The van der Waals surface area contributed by atoms with Gasteiger partial charge in [-0.3, -0.25) is 0 Å². The molecule has 1 rings (SSSR count). The van der Waals surface area contributed by atoms with Crippen LogP contribution in [0, 0.1) is 18.3 Å². The molecule has 0 aromatic heterocycles. The monoisotopic (exact) mass is 171 g/mol. The lowest BCUT2D eigenvalue weighted by atomic mass is 10.0. The van der Waals surface area contributed by atoms with E-state index in [0.717, 1.165) is 17.6 Å². The van der Waals surface area contributed by atoms with Crippen molar-refractivity contribution in [1.29, 1.82) is 5.26 Å². The van der Waals surface area contributed by atoms with E-state index in [9.17, 15) is 0 Å². The van der Waals surface area contributed by atoms with E-state index in [2.05, 4.69) is 32.0 Å². The van der Waals surface area contributed by atoms with Crippen LogP contribution in [0.3, 0.4) is 0 Å². The second-order valence-corrected chi connectivity index (χ2v) is 3.02. The van der Waals surface area contributed by atoms with Crippen LogP contribution in [0.1, 0.15) is 24.5 Å². The molecule has 0 spiro atoms. The van der Waals surface area contributed by atoms with Crippen LogP contribution in [0.25, 0.3) is 5.57 Å². The lowest BCUT2D eigenvalue weighted by Crippen LogP contribution is -1.83. The van der Waals surface area contributed by atoms with Gasteiger partial charge in [0.1, 0.15) is 0 Å². The summed E-state index contributed by atoms with van der Waals surface area (Å²) >= 11 is 0. The maximum absolute atomic E-state index is 8.57. The van der Waals surface area contributed by atoms with Gasteiger partial charge in [0.05, 0.1) is 6.07 Å². The highest BCUT2D eigenvalue weighted by molar-refractivity contribution is 5.67. The van der Waals surface area contributed by atoms with Crippen LogP contribution < -0.4 is 0 Å². The summed E-state index contributed by atoms with van der Waals surface area (Å²) in [5, 5.41) is 8.57. The Labute approximate surface area is 79.3 Å². The minimum Gasteiger partial charge on any atom is -0.193 e. The molecule has 0 bridgehead atoms. The standard InChI is InChI=1S/C12H13N/c1-3-11(7-8-13)12-6-4-5-10(2)9-12/h4-7,9H,3H2,1-2H3/b11-7-. The van der Waals surface area contributed by atoms with Gasteiger partial charge in [0, 0.05) is 6.08 Å². The molecule has 0 atom stereocenters. The minimum atomic E-state index is 0.900. The van der Waals surface area contributed by atoms with Crippen LogP contribution in [0.2, 0.25) is 0 Å². The van der Waals surface area contributed by atoms with Gasteiger partial charge in [-0.2, -0.15) is 5.26 Å². The van der Waals surface area contributed by atoms with Crippen molar-refractivity contribution < 1.29 is 0 Å². The summed E-state index contributed by atoms with van der Waals surface area (Å²) in [4.78, 5) is 0. The number of nitriles is 1. The lowest BCUT2D eigenvalue weighted by molar-refractivity contribution is 1.23. The summed E-state index contributed by atoms with van der Waals surface area (Å²) in [6, 6.07) is 10.3. The van der Waals surface area contributed by atoms with E-state index in [4.69, 9.17) is 5.26 Å². The molecular weight excluding hydrogens is 158 g/mol. The van der Waals surface area contributed by atoms with Gasteiger partial charge in [-0.05, 0) is 24.5 Å². The first-order valence-corrected chi connectivity index (χ1v) is 4.43. The van der Waals surface area contributed by atoms with Gasteiger partial charge in [0.25, 0.3) is 0 Å². The SMILES string of the molecule is CC/C(=C/C#N)c1cccc(C)c1. The third kappa shape index (κ3) is 2.45. The Hall–Kier alpha value is -1.55. The summed E-state index contributed by atoms with van der Waals surface area (Å²) < 4.78 is 0. The van der Waals surface area contributed by atoms with Gasteiger partial charge in [-0.15, -0.1) is 0 Å². The van der Waals surface area contributed by atoms with E-state index in [-0.39, 0.29) is 0 Å². The molecular formula is C12H13N. The van der Waals surface area contributed by atoms with E-state index >= 15 is 0 Å². The van der Waals surface area contributed by atoms with Crippen molar-refractivity contribution in [2.24, 2.45) is 0 Å². The molecule has 1 nitrogen and oxygen atoms in total. The largest absolute Gasteiger partial charge is 0.193 e. The van der Waals surface area contributed by atoms with Crippen molar-refractivity contribution in [2.75, 3.05) is 0 Å². The van der Waals surface area contributed by atoms with E-state index in [1.807, 2.05) is 12.1 Å². The van der Waals surface area contributed by atoms with Gasteiger partial charge in [-0.25, -0.2) is 0 Å². The zero-order valence-corrected chi connectivity index (χ0v) is 8.04. The fourth-order valence-electron chi connectivity index (χ4n) is 1.31. The molecule has 0 aliphatic rings. The zero-order chi connectivity index (χ0) is 9.68. The molecule has 0 N–H and O–H groups in total. The number of benzene rings is 1. The Bertz CT molecular complexity index is 356. The first-order valence-electron chi connectivity index (χ1n) is 4.43. The first kappa shape index (κ1) is 9.54. The van der Waals surface area contributed by atoms with Crippen molar-refractivity contribution >= 4 is 5.57 Å². The molecule has 13 heavy (non-hydrogen) atoms. The van der Waals surface area contributed by atoms with Crippen LogP contribution in [0.4, 0.5) is 0 Å². The second kappa shape index (κ2) is 4.47. The molecule has 0 heterocycles. The molecule has 0 unspecified atom stereocenters. The molecule has 1 aromatic carbocycles. The number of allylic oxidation sites excluding steroid dienone is 2. The number of aryl methyl sites for hydroxylation is 1. The highest BCUT2D eigenvalue weighted by atomic mass is 14.2. The molecule has 0 saturated carbocycles. The van der Waals surface area contributed by atoms with E-state index in [1.54, 1.807) is 6.08 Å². The molecule has 66 valence electrons. The molecule has 0 radical (unpaired) electrons. The Morgan fingerprint density at radius 3 is 2.85 bits per heavy atom. The van der Waals surface area contributed by atoms with Crippen molar-refractivity contribution in [3.8, 4) is 6.07 Å². The highest BCUT2D eigenvalue weighted by Gasteiger charge is 1.97. The summed E-state index contributed by atoms with van der Waals surface area (Å²) in [5.41, 5.74) is 3.49. The summed E-state index contributed by atoms with van der Waals surface area (Å²) in [7, 11) is 0. The summed E-state index contributed by atoms with van der Waals surface area (Å²) in [5.74, 6) is 0. The average molecular weight is 171 g/mol. The van der Waals surface area contributed by atoms with E-state index in [1.165, 1.54) is 5.56 Å². The molecule has 0 amide bonds. The van der Waals surface area contributed by atoms with Gasteiger partial charge in [0.15, 0.2) is 0 Å². The average Bonchev–Trinajstić information content (AvgIpc) is 2.14. The first-order chi connectivity index (χ1) is 6.27. The second-order valence-electron chi connectivity index (χ2n) is 3.02. The van der Waals surface area contributed by atoms with Gasteiger partial charge in [0.2, 0.25) is 0 Å². The molecule has 1 aromatic rings. The molecule has 0 aliphatic carbocycles. The maximum Gasteiger partial charge on any atom is 0.0915 e. The number of hydrogen-bond donors (Lipinski definition) is 0. The summed E-state index contributed by atoms with van der Waals surface area (Å²) in [6.07, 6.45) is 2.52. The molecule has 0 saturated heterocycles. The number of rotatable bonds is 2. The van der Waals surface area contributed by atoms with Gasteiger partial charge < -0.3 is 0 Å². The van der Waals surface area contributed by atoms with Crippen LogP contribution in [-0.4, -0.2) is 0 Å². The third-order valence-electron chi connectivity index (χ3n) is 2.01. The topological polar surface area (TPSA) is 23.8 Å². The Kier molecular flexibility index (Phi) is 3.28. The van der Waals surface area contributed by atoms with Crippen molar-refractivity contribution in [2.45, 2.75) is 20.3 Å². The zero-order valence-electron chi connectivity index (χ0n) is 8.04. The van der Waals surface area contributed by atoms with Crippen molar-refractivity contribution in [3.05, 3.63) is 41.5 Å². The van der Waals surface area contributed by atoms with Crippen molar-refractivity contribution in [3.63, 3.8) is 0 Å². The van der Waals surface area contributed by atoms with Gasteiger partial charge in [-0.1, -0.05) is 36.8 Å². The smallest absolute Gasteiger partial charge is 0.0915 e. The Balaban J connectivity index is 3.07. The third-order valence-corrected chi connectivity index (χ3v) is 2.01. The fourth-order valence-corrected chi connectivity index (χ4v) is 1.31. The van der Waals surface area contributed by atoms with Crippen LogP contribution in [-0.2, 0) is 0 Å². The normalized spacial score (nSPS) is 11.0. The summed E-state index contributed by atoms with van der Waals surface area (Å²) in [6.45, 7) is 4.12. The molecule has 0 aliphatic heterocycles. The van der Waals surface area contributed by atoms with E-state index < -0.39 is 0 Å². The lowest BCUT2D eigenvalue weighted by Gasteiger charge is -2.03. The van der Waals surface area contributed by atoms with Crippen LogP contribution >= 0.6 is 0 Å². The van der Waals surface area contributed by atoms with Crippen LogP contribution in [0.15, 0.2) is 30.3 Å². The molecule has 0 fully saturated rings. The van der Waals surface area contributed by atoms with Crippen molar-refractivity contribution in [1.82, 2.24) is 0 Å².